The van der Waals surface area contributed by atoms with Gasteiger partial charge in [-0.2, -0.15) is 0 Å². The highest BCUT2D eigenvalue weighted by Gasteiger charge is 2.55. The number of aromatic nitrogens is 1. The van der Waals surface area contributed by atoms with Crippen molar-refractivity contribution in [3.8, 4) is 17.2 Å². The summed E-state index contributed by atoms with van der Waals surface area (Å²) in [7, 11) is -4.83. The molecular formula is C37H44ClN2O9P. The van der Waals surface area contributed by atoms with E-state index < -0.39 is 26.1 Å². The van der Waals surface area contributed by atoms with Gasteiger partial charge in [0.25, 0.3) is 0 Å². The SMILES string of the molecule is C[C@@H](COc1ccnc2c1[C@H](C)CCC2)C[C@H]1Cc2cc3c(cc2C12CCC(Nc1cccc(Cl)c1)(C(=O)OCOP(=O)(O)O)CC2)OCO3. The molecule has 4 aliphatic rings. The van der Waals surface area contributed by atoms with Gasteiger partial charge in [0, 0.05) is 28.2 Å². The number of carbonyl (C=O) groups is 1. The Morgan fingerprint density at radius 3 is 2.68 bits per heavy atom. The first-order chi connectivity index (χ1) is 23.9. The molecule has 3 aliphatic carbocycles. The lowest BCUT2D eigenvalue weighted by Crippen LogP contribution is -2.54. The first kappa shape index (κ1) is 35.1. The Morgan fingerprint density at radius 1 is 1.14 bits per heavy atom. The average molecular weight is 727 g/mol. The van der Waals surface area contributed by atoms with Crippen molar-refractivity contribution in [2.45, 2.75) is 88.5 Å². The topological polar surface area (TPSA) is 146 Å². The van der Waals surface area contributed by atoms with E-state index in [-0.39, 0.29) is 24.0 Å². The minimum atomic E-state index is -4.83. The molecule has 1 aliphatic heterocycles. The fraction of sp³-hybridized carbons (Fsp3) is 0.514. The van der Waals surface area contributed by atoms with Crippen molar-refractivity contribution in [1.29, 1.82) is 0 Å². The van der Waals surface area contributed by atoms with Gasteiger partial charge in [0.15, 0.2) is 11.5 Å². The second-order valence-electron chi connectivity index (χ2n) is 14.4. The van der Waals surface area contributed by atoms with Crippen LogP contribution < -0.4 is 19.5 Å². The molecule has 1 fully saturated rings. The number of hydrogen-bond acceptors (Lipinski definition) is 9. The monoisotopic (exact) mass is 726 g/mol. The lowest BCUT2D eigenvalue weighted by atomic mass is 9.59. The Hall–Kier alpha value is -3.34. The molecular weight excluding hydrogens is 683 g/mol. The standard InChI is InChI=1S/C37H44ClN2O9P/c1-23(20-45-31-9-14-39-30-8-3-5-24(2)34(30)31)15-26-16-25-17-32-33(47-21-46-32)19-29(25)36(26)10-12-37(13-11-36,35(41)48-22-49-50(42,43)44)40-28-7-4-6-27(38)18-28/h4,6-7,9,14,17-19,23-24,26,40H,3,5,8,10-13,15-16,20-22H2,1-2H3,(H2,42,43,44)/t23-,24-,26+,36?,37?/m1/s1. The van der Waals surface area contributed by atoms with Crippen LogP contribution >= 0.6 is 19.4 Å². The molecule has 7 rings (SSSR count). The van der Waals surface area contributed by atoms with Crippen molar-refractivity contribution >= 4 is 31.1 Å². The number of nitrogens with zero attached hydrogens (tertiary/aromatic N) is 1. The first-order valence-electron chi connectivity index (χ1n) is 17.4. The lowest BCUT2D eigenvalue weighted by Gasteiger charge is -2.48. The van der Waals surface area contributed by atoms with Gasteiger partial charge in [0.05, 0.1) is 6.61 Å². The van der Waals surface area contributed by atoms with E-state index in [1.165, 1.54) is 16.7 Å². The maximum atomic E-state index is 13.8. The van der Waals surface area contributed by atoms with Gasteiger partial charge in [-0.1, -0.05) is 31.5 Å². The van der Waals surface area contributed by atoms with Crippen LogP contribution in [0, 0.1) is 11.8 Å². The molecule has 2 aromatic carbocycles. The molecule has 1 saturated carbocycles. The Balaban J connectivity index is 1.14. The Morgan fingerprint density at radius 2 is 1.92 bits per heavy atom. The first-order valence-corrected chi connectivity index (χ1v) is 19.3. The van der Waals surface area contributed by atoms with Gasteiger partial charge in [0.1, 0.15) is 11.3 Å². The molecule has 0 bridgehead atoms. The number of carbonyl (C=O) groups excluding carboxylic acids is 1. The predicted molar refractivity (Wildman–Crippen MR) is 187 cm³/mol. The van der Waals surface area contributed by atoms with Crippen LogP contribution in [0.5, 0.6) is 17.2 Å². The third kappa shape index (κ3) is 7.08. The molecule has 1 aromatic heterocycles. The van der Waals surface area contributed by atoms with E-state index in [1.54, 1.807) is 18.2 Å². The van der Waals surface area contributed by atoms with Gasteiger partial charge >= 0.3 is 13.8 Å². The van der Waals surface area contributed by atoms with Crippen molar-refractivity contribution in [3.05, 3.63) is 76.1 Å². The second-order valence-corrected chi connectivity index (χ2v) is 16.1. The molecule has 0 amide bonds. The number of nitrogens with one attached hydrogen (secondary N) is 1. The van der Waals surface area contributed by atoms with Crippen LogP contribution in [0.3, 0.4) is 0 Å². The van der Waals surface area contributed by atoms with Crippen LogP contribution in [0.15, 0.2) is 48.7 Å². The molecule has 50 heavy (non-hydrogen) atoms. The zero-order valence-corrected chi connectivity index (χ0v) is 30.0. The number of hydrogen-bond donors (Lipinski definition) is 3. The van der Waals surface area contributed by atoms with Crippen molar-refractivity contribution in [2.75, 3.05) is 25.5 Å². The number of fused-ring (bicyclic) bond motifs is 4. The van der Waals surface area contributed by atoms with E-state index in [0.717, 1.165) is 55.0 Å². The van der Waals surface area contributed by atoms with E-state index in [4.69, 9.17) is 30.5 Å². The summed E-state index contributed by atoms with van der Waals surface area (Å²) in [6, 6.07) is 13.4. The minimum absolute atomic E-state index is 0.190. The van der Waals surface area contributed by atoms with Gasteiger partial charge in [0.2, 0.25) is 13.6 Å². The highest BCUT2D eigenvalue weighted by Crippen LogP contribution is 2.58. The number of benzene rings is 2. The van der Waals surface area contributed by atoms with Gasteiger partial charge in [-0.3, -0.25) is 4.98 Å². The zero-order chi connectivity index (χ0) is 35.1. The fourth-order valence-corrected chi connectivity index (χ4v) is 9.15. The summed E-state index contributed by atoms with van der Waals surface area (Å²) in [5.74, 6) is 2.74. The Labute approximate surface area is 297 Å². The van der Waals surface area contributed by atoms with E-state index in [1.807, 2.05) is 18.3 Å². The van der Waals surface area contributed by atoms with Crippen LogP contribution in [0.25, 0.3) is 0 Å². The lowest BCUT2D eigenvalue weighted by molar-refractivity contribution is -0.158. The van der Waals surface area contributed by atoms with E-state index in [0.29, 0.717) is 48.9 Å². The Kier molecular flexibility index (Phi) is 9.82. The smallest absolute Gasteiger partial charge is 0.472 e. The van der Waals surface area contributed by atoms with Crippen LogP contribution in [-0.2, 0) is 36.9 Å². The molecule has 0 unspecified atom stereocenters. The van der Waals surface area contributed by atoms with Gasteiger partial charge in [-0.25, -0.2) is 13.9 Å². The zero-order valence-electron chi connectivity index (χ0n) is 28.4. The third-order valence-corrected chi connectivity index (χ3v) is 11.9. The molecule has 0 radical (unpaired) electrons. The molecule has 3 aromatic rings. The summed E-state index contributed by atoms with van der Waals surface area (Å²) in [4.78, 5) is 36.8. The van der Waals surface area contributed by atoms with Crippen LogP contribution in [0.2, 0.25) is 5.02 Å². The van der Waals surface area contributed by atoms with Gasteiger partial charge in [-0.15, -0.1) is 0 Å². The number of phosphoric ester groups is 1. The maximum Gasteiger partial charge on any atom is 0.472 e. The number of halogens is 1. The molecule has 13 heteroatoms. The average Bonchev–Trinajstić information content (AvgIpc) is 3.65. The fourth-order valence-electron chi connectivity index (χ4n) is 8.77. The summed E-state index contributed by atoms with van der Waals surface area (Å²) < 4.78 is 39.3. The highest BCUT2D eigenvalue weighted by atomic mass is 35.5. The predicted octanol–water partition coefficient (Wildman–Crippen LogP) is 7.45. The molecule has 11 nitrogen and oxygen atoms in total. The summed E-state index contributed by atoms with van der Waals surface area (Å²) in [5, 5.41) is 3.91. The van der Waals surface area contributed by atoms with Gasteiger partial charge < -0.3 is 34.1 Å². The van der Waals surface area contributed by atoms with Crippen LogP contribution in [-0.4, -0.2) is 46.5 Å². The normalized spacial score (nSPS) is 25.9. The number of phosphoric acid groups is 1. The molecule has 2 heterocycles. The summed E-state index contributed by atoms with van der Waals surface area (Å²) in [6.07, 6.45) is 9.07. The number of esters is 1. The van der Waals surface area contributed by atoms with Gasteiger partial charge in [-0.05, 0) is 128 Å². The highest BCUT2D eigenvalue weighted by molar-refractivity contribution is 7.46. The van der Waals surface area contributed by atoms with Crippen molar-refractivity contribution < 1.29 is 42.6 Å². The second kappa shape index (κ2) is 14.0. The molecule has 268 valence electrons. The summed E-state index contributed by atoms with van der Waals surface area (Å²) in [6.45, 7) is 4.41. The number of rotatable bonds is 11. The largest absolute Gasteiger partial charge is 0.493 e. The molecule has 3 N–H and O–H groups in total. The number of ether oxygens (including phenoxy) is 4. The van der Waals surface area contributed by atoms with Crippen molar-refractivity contribution in [2.24, 2.45) is 11.8 Å². The molecule has 3 atom stereocenters. The van der Waals surface area contributed by atoms with Crippen LogP contribution in [0.1, 0.15) is 87.1 Å². The summed E-state index contributed by atoms with van der Waals surface area (Å²) >= 11 is 6.30. The maximum absolute atomic E-state index is 13.8. The van der Waals surface area contributed by atoms with Crippen molar-refractivity contribution in [1.82, 2.24) is 4.98 Å². The van der Waals surface area contributed by atoms with E-state index in [9.17, 15) is 19.1 Å². The van der Waals surface area contributed by atoms with E-state index in [2.05, 4.69) is 40.8 Å². The summed E-state index contributed by atoms with van der Waals surface area (Å²) in [5.41, 5.74) is 4.08. The Bertz CT molecular complexity index is 1790. The molecule has 1 spiro atoms. The minimum Gasteiger partial charge on any atom is -0.493 e. The van der Waals surface area contributed by atoms with Crippen molar-refractivity contribution in [3.63, 3.8) is 0 Å². The quantitative estimate of drug-likeness (QED) is 0.103. The number of anilines is 1. The van der Waals surface area contributed by atoms with E-state index >= 15 is 0 Å². The number of aryl methyl sites for hydroxylation is 1. The van der Waals surface area contributed by atoms with Crippen LogP contribution in [0.4, 0.5) is 5.69 Å². The molecule has 0 saturated heterocycles. The third-order valence-electron chi connectivity index (χ3n) is 11.2. The number of pyridine rings is 1.